The zero-order valence-corrected chi connectivity index (χ0v) is 19.5. The lowest BCUT2D eigenvalue weighted by Gasteiger charge is -2.19. The second kappa shape index (κ2) is 8.59. The Kier molecular flexibility index (Phi) is 5.84. The maximum atomic E-state index is 13.6. The van der Waals surface area contributed by atoms with Gasteiger partial charge < -0.3 is 10.1 Å². The van der Waals surface area contributed by atoms with Crippen LogP contribution < -0.4 is 15.6 Å². The number of rotatable bonds is 5. The van der Waals surface area contributed by atoms with Gasteiger partial charge in [-0.25, -0.2) is 4.98 Å². The van der Waals surface area contributed by atoms with Gasteiger partial charge in [-0.2, -0.15) is 0 Å². The summed E-state index contributed by atoms with van der Waals surface area (Å²) in [5.74, 6) is 0.997. The Hall–Kier alpha value is -3.45. The Balaban J connectivity index is 1.76. The number of carbonyl (C=O) groups is 1. The molecule has 4 rings (SSSR count). The molecule has 7 heteroatoms. The quantitative estimate of drug-likeness (QED) is 0.453. The van der Waals surface area contributed by atoms with Crippen molar-refractivity contribution < 1.29 is 9.53 Å². The lowest BCUT2D eigenvalue weighted by atomic mass is 10.1. The third kappa shape index (κ3) is 3.80. The maximum absolute atomic E-state index is 13.6. The van der Waals surface area contributed by atoms with Gasteiger partial charge in [-0.15, -0.1) is 11.3 Å². The van der Waals surface area contributed by atoms with E-state index in [0.29, 0.717) is 16.0 Å². The van der Waals surface area contributed by atoms with Crippen LogP contribution in [0.1, 0.15) is 29.9 Å². The number of ether oxygens (including phenoxy) is 1. The third-order valence-corrected chi connectivity index (χ3v) is 6.72. The summed E-state index contributed by atoms with van der Waals surface area (Å²) in [6.45, 7) is 7.45. The van der Waals surface area contributed by atoms with Crippen molar-refractivity contribution in [2.24, 2.45) is 0 Å². The molecule has 0 radical (unpaired) electrons. The molecule has 2 aromatic carbocycles. The van der Waals surface area contributed by atoms with Gasteiger partial charge in [-0.05, 0) is 62.6 Å². The van der Waals surface area contributed by atoms with Gasteiger partial charge in [0, 0.05) is 16.6 Å². The number of carbonyl (C=O) groups excluding carboxylic acids is 1. The number of hydrogen-bond donors (Lipinski definition) is 1. The van der Waals surface area contributed by atoms with E-state index < -0.39 is 6.04 Å². The molecule has 0 spiro atoms. The lowest BCUT2D eigenvalue weighted by molar-refractivity contribution is -0.118. The first kappa shape index (κ1) is 21.8. The number of nitrogens with zero attached hydrogens (tertiary/aromatic N) is 2. The molecule has 0 fully saturated rings. The largest absolute Gasteiger partial charge is 0.497 e. The van der Waals surface area contributed by atoms with Crippen LogP contribution in [0.2, 0.25) is 0 Å². The molecule has 1 atom stereocenters. The Bertz CT molecular complexity index is 1370. The normalized spacial score (nSPS) is 12.0. The fourth-order valence-corrected chi connectivity index (χ4v) is 4.77. The standard InChI is InChI=1S/C25H25N3O3S/c1-14-7-6-8-21(15(14)2)27-23(29)16(3)28-17(4)26-24-22(25(28)30)20(13-32-24)18-9-11-19(31-5)12-10-18/h6-13,16H,1-5H3,(H,27,29). The first-order chi connectivity index (χ1) is 15.3. The molecule has 0 aliphatic heterocycles. The number of fused-ring (bicyclic) bond motifs is 1. The predicted molar refractivity (Wildman–Crippen MR) is 130 cm³/mol. The van der Waals surface area contributed by atoms with E-state index in [2.05, 4.69) is 10.3 Å². The van der Waals surface area contributed by atoms with Crippen molar-refractivity contribution in [3.63, 3.8) is 0 Å². The molecule has 1 amide bonds. The number of hydrogen-bond acceptors (Lipinski definition) is 5. The van der Waals surface area contributed by atoms with Gasteiger partial charge in [0.05, 0.1) is 12.5 Å². The molecule has 2 aromatic heterocycles. The molecule has 0 aliphatic carbocycles. The summed E-state index contributed by atoms with van der Waals surface area (Å²) in [5, 5.41) is 5.43. The molecule has 0 saturated carbocycles. The molecule has 1 unspecified atom stereocenters. The van der Waals surface area contributed by atoms with Crippen molar-refractivity contribution in [2.45, 2.75) is 33.7 Å². The van der Waals surface area contributed by atoms with E-state index in [-0.39, 0.29) is 11.5 Å². The van der Waals surface area contributed by atoms with Crippen LogP contribution in [0.3, 0.4) is 0 Å². The second-order valence-corrected chi connectivity index (χ2v) is 8.66. The van der Waals surface area contributed by atoms with Crippen LogP contribution in [0.4, 0.5) is 5.69 Å². The number of methoxy groups -OCH3 is 1. The molecule has 32 heavy (non-hydrogen) atoms. The van der Waals surface area contributed by atoms with Crippen molar-refractivity contribution in [1.82, 2.24) is 9.55 Å². The topological polar surface area (TPSA) is 73.2 Å². The van der Waals surface area contributed by atoms with E-state index in [0.717, 1.165) is 33.7 Å². The minimum atomic E-state index is -0.720. The first-order valence-corrected chi connectivity index (χ1v) is 11.2. The van der Waals surface area contributed by atoms with Crippen LogP contribution in [-0.4, -0.2) is 22.6 Å². The molecule has 0 saturated heterocycles. The summed E-state index contributed by atoms with van der Waals surface area (Å²) < 4.78 is 6.71. The van der Waals surface area contributed by atoms with Gasteiger partial charge >= 0.3 is 0 Å². The number of nitrogens with one attached hydrogen (secondary N) is 1. The van der Waals surface area contributed by atoms with E-state index in [9.17, 15) is 9.59 Å². The summed E-state index contributed by atoms with van der Waals surface area (Å²) in [5.41, 5.74) is 4.33. The van der Waals surface area contributed by atoms with E-state index in [1.54, 1.807) is 21.0 Å². The van der Waals surface area contributed by atoms with Crippen molar-refractivity contribution in [3.8, 4) is 16.9 Å². The number of aromatic nitrogens is 2. The van der Waals surface area contributed by atoms with Gasteiger partial charge in [0.25, 0.3) is 5.56 Å². The highest BCUT2D eigenvalue weighted by Crippen LogP contribution is 2.32. The monoisotopic (exact) mass is 447 g/mol. The van der Waals surface area contributed by atoms with Crippen LogP contribution >= 0.6 is 11.3 Å². The highest BCUT2D eigenvalue weighted by atomic mass is 32.1. The van der Waals surface area contributed by atoms with E-state index in [1.165, 1.54) is 15.9 Å². The van der Waals surface area contributed by atoms with Gasteiger partial charge in [0.2, 0.25) is 5.91 Å². The summed E-state index contributed by atoms with van der Waals surface area (Å²) >= 11 is 1.43. The number of benzene rings is 2. The summed E-state index contributed by atoms with van der Waals surface area (Å²) in [6, 6.07) is 12.6. The Labute approximate surface area is 190 Å². The number of anilines is 1. The van der Waals surface area contributed by atoms with Crippen molar-refractivity contribution >= 4 is 33.1 Å². The molecule has 164 valence electrons. The Morgan fingerprint density at radius 1 is 1.12 bits per heavy atom. The van der Waals surface area contributed by atoms with Crippen LogP contribution in [-0.2, 0) is 4.79 Å². The number of amides is 1. The molecule has 4 aromatic rings. The third-order valence-electron chi connectivity index (χ3n) is 5.85. The van der Waals surface area contributed by atoms with Crippen LogP contribution in [0, 0.1) is 20.8 Å². The fourth-order valence-electron chi connectivity index (χ4n) is 3.78. The molecular weight excluding hydrogens is 422 g/mol. The van der Waals surface area contributed by atoms with E-state index in [1.807, 2.05) is 61.7 Å². The molecular formula is C25H25N3O3S. The average molecular weight is 448 g/mol. The van der Waals surface area contributed by atoms with Crippen molar-refractivity contribution in [1.29, 1.82) is 0 Å². The SMILES string of the molecule is COc1ccc(-c2csc3nc(C)n(C(C)C(=O)Nc4cccc(C)c4C)c(=O)c23)cc1. The molecule has 0 bridgehead atoms. The summed E-state index contributed by atoms with van der Waals surface area (Å²) in [7, 11) is 1.62. The number of aryl methyl sites for hydroxylation is 2. The van der Waals surface area contributed by atoms with Gasteiger partial charge in [-0.1, -0.05) is 24.3 Å². The molecule has 0 aliphatic rings. The Morgan fingerprint density at radius 2 is 1.84 bits per heavy atom. The number of thiophene rings is 1. The first-order valence-electron chi connectivity index (χ1n) is 10.3. The van der Waals surface area contributed by atoms with Crippen LogP contribution in [0.5, 0.6) is 5.75 Å². The Morgan fingerprint density at radius 3 is 2.53 bits per heavy atom. The highest BCUT2D eigenvalue weighted by molar-refractivity contribution is 7.17. The van der Waals surface area contributed by atoms with E-state index in [4.69, 9.17) is 4.74 Å². The smallest absolute Gasteiger partial charge is 0.263 e. The summed E-state index contributed by atoms with van der Waals surface area (Å²) in [4.78, 5) is 31.9. The minimum Gasteiger partial charge on any atom is -0.497 e. The van der Waals surface area contributed by atoms with Gasteiger partial charge in [0.1, 0.15) is 22.4 Å². The average Bonchev–Trinajstić information content (AvgIpc) is 3.20. The van der Waals surface area contributed by atoms with Gasteiger partial charge in [0.15, 0.2) is 0 Å². The zero-order valence-electron chi connectivity index (χ0n) is 18.7. The zero-order chi connectivity index (χ0) is 23.0. The maximum Gasteiger partial charge on any atom is 0.263 e. The highest BCUT2D eigenvalue weighted by Gasteiger charge is 2.23. The van der Waals surface area contributed by atoms with E-state index >= 15 is 0 Å². The van der Waals surface area contributed by atoms with Gasteiger partial charge in [-0.3, -0.25) is 14.2 Å². The molecule has 6 nitrogen and oxygen atoms in total. The second-order valence-electron chi connectivity index (χ2n) is 7.80. The fraction of sp³-hybridized carbons (Fsp3) is 0.240. The lowest BCUT2D eigenvalue weighted by Crippen LogP contribution is -2.33. The molecule has 2 heterocycles. The summed E-state index contributed by atoms with van der Waals surface area (Å²) in [6.07, 6.45) is 0. The molecule has 1 N–H and O–H groups in total. The van der Waals surface area contributed by atoms with Crippen LogP contribution in [0.25, 0.3) is 21.3 Å². The minimum absolute atomic E-state index is 0.219. The van der Waals surface area contributed by atoms with Crippen LogP contribution in [0.15, 0.2) is 52.6 Å². The van der Waals surface area contributed by atoms with Crippen molar-refractivity contribution in [2.75, 3.05) is 12.4 Å². The van der Waals surface area contributed by atoms with Crippen molar-refractivity contribution in [3.05, 3.63) is 75.1 Å². The predicted octanol–water partition coefficient (Wildman–Crippen LogP) is 5.26.